The van der Waals surface area contributed by atoms with Gasteiger partial charge in [0.05, 0.1) is 18.2 Å². The Kier molecular flexibility index (Phi) is 6.73. The highest BCUT2D eigenvalue weighted by molar-refractivity contribution is 5.94. The number of aryl methyl sites for hydroxylation is 1. The number of piperazine rings is 1. The van der Waals surface area contributed by atoms with Gasteiger partial charge >= 0.3 is 0 Å². The second-order valence-electron chi connectivity index (χ2n) is 8.06. The molecule has 2 heterocycles. The maximum atomic E-state index is 12.9. The molecule has 3 unspecified atom stereocenters. The molecule has 3 atom stereocenters. The van der Waals surface area contributed by atoms with Crippen molar-refractivity contribution in [3.8, 4) is 0 Å². The van der Waals surface area contributed by atoms with E-state index in [1.807, 2.05) is 54.8 Å². The molecule has 0 N–H and O–H groups in total. The van der Waals surface area contributed by atoms with Gasteiger partial charge in [-0.3, -0.25) is 14.5 Å². The van der Waals surface area contributed by atoms with Crippen LogP contribution >= 0.6 is 0 Å². The molecule has 2 fully saturated rings. The van der Waals surface area contributed by atoms with Gasteiger partial charge in [-0.15, -0.1) is 0 Å². The fourth-order valence-electron chi connectivity index (χ4n) is 4.16. The quantitative estimate of drug-likeness (QED) is 0.793. The van der Waals surface area contributed by atoms with Gasteiger partial charge in [-0.25, -0.2) is 0 Å². The molecule has 2 amide bonds. The summed E-state index contributed by atoms with van der Waals surface area (Å²) in [5.41, 5.74) is 1.98. The van der Waals surface area contributed by atoms with E-state index in [0.29, 0.717) is 26.2 Å². The number of hydrogen-bond donors (Lipinski definition) is 0. The Morgan fingerprint density at radius 3 is 2.11 bits per heavy atom. The fourth-order valence-corrected chi connectivity index (χ4v) is 4.16. The minimum atomic E-state index is -0.168. The van der Waals surface area contributed by atoms with Crippen LogP contribution in [0, 0.1) is 0 Å². The third-order valence-electron chi connectivity index (χ3n) is 5.85. The van der Waals surface area contributed by atoms with E-state index in [2.05, 4.69) is 11.8 Å². The molecule has 2 aliphatic rings. The van der Waals surface area contributed by atoms with E-state index in [1.54, 1.807) is 0 Å². The van der Waals surface area contributed by atoms with E-state index in [1.165, 1.54) is 5.56 Å². The maximum Gasteiger partial charge on any atom is 0.253 e. The number of hydrogen-bond acceptors (Lipinski definition) is 4. The van der Waals surface area contributed by atoms with Gasteiger partial charge < -0.3 is 14.5 Å². The number of amides is 2. The van der Waals surface area contributed by atoms with Crippen molar-refractivity contribution in [2.24, 2.45) is 0 Å². The van der Waals surface area contributed by atoms with Crippen LogP contribution < -0.4 is 0 Å². The highest BCUT2D eigenvalue weighted by Gasteiger charge is 2.33. The standard InChI is InChI=1S/C22H33N3O3/c1-5-19-6-8-20(9-7-19)22(27)24-12-10-23(11-13-24)18(4)21(26)25-14-16(2)28-17(3)15-25/h6-9,16-18H,5,10-15H2,1-4H3. The molecule has 28 heavy (non-hydrogen) atoms. The molecule has 1 aromatic rings. The molecule has 154 valence electrons. The zero-order valence-electron chi connectivity index (χ0n) is 17.6. The summed E-state index contributed by atoms with van der Waals surface area (Å²) in [7, 11) is 0. The fraction of sp³-hybridized carbons (Fsp3) is 0.636. The van der Waals surface area contributed by atoms with Crippen LogP contribution in [0.2, 0.25) is 0 Å². The first-order valence-electron chi connectivity index (χ1n) is 10.5. The summed E-state index contributed by atoms with van der Waals surface area (Å²) in [6, 6.07) is 7.71. The summed E-state index contributed by atoms with van der Waals surface area (Å²) in [6.07, 6.45) is 1.13. The second kappa shape index (κ2) is 9.05. The number of carbonyl (C=O) groups excluding carboxylic acids is 2. The zero-order valence-corrected chi connectivity index (χ0v) is 17.6. The first-order valence-corrected chi connectivity index (χ1v) is 10.5. The van der Waals surface area contributed by atoms with E-state index in [-0.39, 0.29) is 30.1 Å². The van der Waals surface area contributed by atoms with Crippen LogP contribution in [0.15, 0.2) is 24.3 Å². The van der Waals surface area contributed by atoms with Crippen molar-refractivity contribution >= 4 is 11.8 Å². The van der Waals surface area contributed by atoms with Gasteiger partial charge in [-0.2, -0.15) is 0 Å². The predicted molar refractivity (Wildman–Crippen MR) is 109 cm³/mol. The smallest absolute Gasteiger partial charge is 0.253 e. The van der Waals surface area contributed by atoms with Gasteiger partial charge in [-0.1, -0.05) is 19.1 Å². The summed E-state index contributed by atoms with van der Waals surface area (Å²) in [4.78, 5) is 31.7. The Hall–Kier alpha value is -1.92. The molecule has 2 saturated heterocycles. The minimum Gasteiger partial charge on any atom is -0.372 e. The average molecular weight is 388 g/mol. The Bertz CT molecular complexity index is 673. The molecular formula is C22H33N3O3. The number of benzene rings is 1. The molecular weight excluding hydrogens is 354 g/mol. The normalized spacial score (nSPS) is 24.9. The van der Waals surface area contributed by atoms with Gasteiger partial charge in [0, 0.05) is 44.8 Å². The lowest BCUT2D eigenvalue weighted by molar-refractivity contribution is -0.148. The lowest BCUT2D eigenvalue weighted by Crippen LogP contribution is -2.58. The molecule has 1 aromatic carbocycles. The first-order chi connectivity index (χ1) is 13.4. The summed E-state index contributed by atoms with van der Waals surface area (Å²) in [6.45, 7) is 12.2. The third kappa shape index (κ3) is 4.73. The topological polar surface area (TPSA) is 53.1 Å². The van der Waals surface area contributed by atoms with Gasteiger partial charge in [0.25, 0.3) is 5.91 Å². The van der Waals surface area contributed by atoms with Crippen molar-refractivity contribution in [3.05, 3.63) is 35.4 Å². The van der Waals surface area contributed by atoms with Gasteiger partial charge in [-0.05, 0) is 44.9 Å². The predicted octanol–water partition coefficient (Wildman–Crippen LogP) is 2.03. The van der Waals surface area contributed by atoms with E-state index < -0.39 is 0 Å². The van der Waals surface area contributed by atoms with E-state index in [0.717, 1.165) is 25.1 Å². The number of rotatable bonds is 4. The zero-order chi connectivity index (χ0) is 20.3. The first kappa shape index (κ1) is 20.8. The van der Waals surface area contributed by atoms with Crippen molar-refractivity contribution in [3.63, 3.8) is 0 Å². The van der Waals surface area contributed by atoms with Crippen LogP contribution in [0.3, 0.4) is 0 Å². The molecule has 0 bridgehead atoms. The average Bonchev–Trinajstić information content (AvgIpc) is 2.71. The molecule has 0 radical (unpaired) electrons. The summed E-state index contributed by atoms with van der Waals surface area (Å²) < 4.78 is 5.74. The number of morpholine rings is 1. The molecule has 0 spiro atoms. The lowest BCUT2D eigenvalue weighted by atomic mass is 10.1. The molecule has 6 heteroatoms. The number of carbonyl (C=O) groups is 2. The molecule has 0 aliphatic carbocycles. The summed E-state index contributed by atoms with van der Waals surface area (Å²) in [5.74, 6) is 0.244. The van der Waals surface area contributed by atoms with Crippen molar-refractivity contribution in [2.75, 3.05) is 39.3 Å². The highest BCUT2D eigenvalue weighted by atomic mass is 16.5. The molecule has 0 saturated carbocycles. The molecule has 6 nitrogen and oxygen atoms in total. The number of ether oxygens (including phenoxy) is 1. The van der Waals surface area contributed by atoms with Crippen LogP contribution in [-0.2, 0) is 16.0 Å². The van der Waals surface area contributed by atoms with Gasteiger partial charge in [0.15, 0.2) is 0 Å². The van der Waals surface area contributed by atoms with E-state index in [9.17, 15) is 9.59 Å². The number of nitrogens with zero attached hydrogens (tertiary/aromatic N) is 3. The monoisotopic (exact) mass is 387 g/mol. The summed E-state index contributed by atoms with van der Waals surface area (Å²) >= 11 is 0. The maximum absolute atomic E-state index is 12.9. The van der Waals surface area contributed by atoms with Crippen LogP contribution in [-0.4, -0.2) is 84.0 Å². The molecule has 3 rings (SSSR count). The molecule has 0 aromatic heterocycles. The second-order valence-corrected chi connectivity index (χ2v) is 8.06. The Labute approximate surface area is 168 Å². The van der Waals surface area contributed by atoms with Crippen LogP contribution in [0.1, 0.15) is 43.6 Å². The van der Waals surface area contributed by atoms with Crippen molar-refractivity contribution < 1.29 is 14.3 Å². The Balaban J connectivity index is 1.53. The molecule has 2 aliphatic heterocycles. The van der Waals surface area contributed by atoms with Crippen molar-refractivity contribution in [1.29, 1.82) is 0 Å². The Morgan fingerprint density at radius 2 is 1.57 bits per heavy atom. The largest absolute Gasteiger partial charge is 0.372 e. The van der Waals surface area contributed by atoms with Crippen molar-refractivity contribution in [2.45, 2.75) is 52.4 Å². The van der Waals surface area contributed by atoms with Crippen LogP contribution in [0.5, 0.6) is 0 Å². The van der Waals surface area contributed by atoms with Crippen LogP contribution in [0.25, 0.3) is 0 Å². The SMILES string of the molecule is CCc1ccc(C(=O)N2CCN(C(C)C(=O)N3CC(C)OC(C)C3)CC2)cc1. The minimum absolute atomic E-state index is 0.0773. The lowest BCUT2D eigenvalue weighted by Gasteiger charge is -2.41. The van der Waals surface area contributed by atoms with Gasteiger partial charge in [0.1, 0.15) is 0 Å². The van der Waals surface area contributed by atoms with Gasteiger partial charge in [0.2, 0.25) is 5.91 Å². The van der Waals surface area contributed by atoms with E-state index in [4.69, 9.17) is 4.74 Å². The summed E-state index contributed by atoms with van der Waals surface area (Å²) in [5, 5.41) is 0. The van der Waals surface area contributed by atoms with E-state index >= 15 is 0 Å². The van der Waals surface area contributed by atoms with Crippen LogP contribution in [0.4, 0.5) is 0 Å². The Morgan fingerprint density at radius 1 is 1.00 bits per heavy atom. The third-order valence-corrected chi connectivity index (χ3v) is 5.85. The highest BCUT2D eigenvalue weighted by Crippen LogP contribution is 2.16. The van der Waals surface area contributed by atoms with Crippen molar-refractivity contribution in [1.82, 2.24) is 14.7 Å².